The van der Waals surface area contributed by atoms with Crippen molar-refractivity contribution in [1.82, 2.24) is 0 Å². The number of esters is 1. The molecular formula is C21H20O2. The van der Waals surface area contributed by atoms with E-state index in [0.717, 1.165) is 16.7 Å². The van der Waals surface area contributed by atoms with E-state index in [2.05, 4.69) is 24.3 Å². The molecule has 2 heteroatoms. The molecule has 116 valence electrons. The van der Waals surface area contributed by atoms with Crippen molar-refractivity contribution in [1.29, 1.82) is 0 Å². The van der Waals surface area contributed by atoms with Gasteiger partial charge in [0.15, 0.2) is 0 Å². The number of ether oxygens (including phenoxy) is 1. The lowest BCUT2D eigenvalue weighted by atomic mass is 9.77. The number of hydrogen-bond donors (Lipinski definition) is 0. The van der Waals surface area contributed by atoms with Crippen LogP contribution < -0.4 is 0 Å². The van der Waals surface area contributed by atoms with Gasteiger partial charge in [-0.15, -0.1) is 0 Å². The lowest BCUT2D eigenvalue weighted by Gasteiger charge is -2.27. The zero-order valence-corrected chi connectivity index (χ0v) is 13.4. The van der Waals surface area contributed by atoms with Crippen molar-refractivity contribution >= 4 is 5.97 Å². The van der Waals surface area contributed by atoms with Crippen molar-refractivity contribution in [3.63, 3.8) is 0 Å². The van der Waals surface area contributed by atoms with Gasteiger partial charge in [0.25, 0.3) is 0 Å². The first kappa shape index (κ1) is 15.3. The number of benzene rings is 2. The summed E-state index contributed by atoms with van der Waals surface area (Å²) in [5.74, 6) is -0.185. The first-order valence-electron chi connectivity index (χ1n) is 7.79. The molecule has 0 fully saturated rings. The number of allylic oxidation sites excluding steroid dienone is 3. The molecule has 2 aromatic carbocycles. The molecule has 2 aromatic rings. The molecule has 0 aliphatic heterocycles. The number of carbonyl (C=O) groups excluding carboxylic acids is 1. The highest BCUT2D eigenvalue weighted by atomic mass is 16.5. The number of hydrogen-bond acceptors (Lipinski definition) is 2. The summed E-state index contributed by atoms with van der Waals surface area (Å²) < 4.78 is 5.07. The molecule has 0 amide bonds. The van der Waals surface area contributed by atoms with E-state index in [1.807, 2.05) is 55.5 Å². The summed E-state index contributed by atoms with van der Waals surface area (Å²) in [4.78, 5) is 12.4. The van der Waals surface area contributed by atoms with E-state index in [0.29, 0.717) is 0 Å². The molecule has 0 saturated heterocycles. The lowest BCUT2D eigenvalue weighted by molar-refractivity contribution is -0.136. The second-order valence-electron chi connectivity index (χ2n) is 5.75. The van der Waals surface area contributed by atoms with Crippen LogP contribution in [0.15, 0.2) is 84.0 Å². The van der Waals surface area contributed by atoms with Crippen LogP contribution in [0.25, 0.3) is 0 Å². The molecule has 0 heterocycles. The molecule has 2 atom stereocenters. The standard InChI is InChI=1S/C21H20O2/c1-15-18(16-9-5-3-6-10-16)13-14-19(20(15)21(22)23-2)17-11-7-4-8-12-17/h3-14,18-19H,1-2H3. The fraction of sp³-hybridized carbons (Fsp3) is 0.190. The lowest BCUT2D eigenvalue weighted by Crippen LogP contribution is -2.19. The molecular weight excluding hydrogens is 284 g/mol. The average molecular weight is 304 g/mol. The summed E-state index contributed by atoms with van der Waals surface area (Å²) in [6, 6.07) is 20.3. The van der Waals surface area contributed by atoms with Gasteiger partial charge in [0.05, 0.1) is 7.11 Å². The Labute approximate surface area is 137 Å². The molecule has 1 aliphatic rings. The third kappa shape index (κ3) is 2.98. The van der Waals surface area contributed by atoms with E-state index in [9.17, 15) is 4.79 Å². The smallest absolute Gasteiger partial charge is 0.334 e. The van der Waals surface area contributed by atoms with Crippen molar-refractivity contribution in [3.05, 3.63) is 95.1 Å². The van der Waals surface area contributed by atoms with Gasteiger partial charge < -0.3 is 4.74 Å². The third-order valence-electron chi connectivity index (χ3n) is 4.42. The molecule has 23 heavy (non-hydrogen) atoms. The maximum absolute atomic E-state index is 12.4. The van der Waals surface area contributed by atoms with Crippen molar-refractivity contribution < 1.29 is 9.53 Å². The van der Waals surface area contributed by atoms with Gasteiger partial charge in [-0.1, -0.05) is 78.4 Å². The van der Waals surface area contributed by atoms with Gasteiger partial charge in [-0.2, -0.15) is 0 Å². The van der Waals surface area contributed by atoms with Gasteiger partial charge in [-0.3, -0.25) is 0 Å². The van der Waals surface area contributed by atoms with Gasteiger partial charge in [-0.25, -0.2) is 4.79 Å². The molecule has 0 aromatic heterocycles. The minimum absolute atomic E-state index is 0.0522. The Kier molecular flexibility index (Phi) is 4.42. The maximum atomic E-state index is 12.4. The summed E-state index contributed by atoms with van der Waals surface area (Å²) in [6.07, 6.45) is 4.31. The Morgan fingerprint density at radius 1 is 0.826 bits per heavy atom. The second kappa shape index (κ2) is 6.66. The normalized spacial score (nSPS) is 20.4. The van der Waals surface area contributed by atoms with Crippen LogP contribution >= 0.6 is 0 Å². The number of rotatable bonds is 3. The van der Waals surface area contributed by atoms with Crippen molar-refractivity contribution in [2.45, 2.75) is 18.8 Å². The van der Waals surface area contributed by atoms with E-state index >= 15 is 0 Å². The summed E-state index contributed by atoms with van der Waals surface area (Å²) >= 11 is 0. The molecule has 1 aliphatic carbocycles. The average Bonchev–Trinajstić information content (AvgIpc) is 2.62. The zero-order valence-electron chi connectivity index (χ0n) is 13.4. The Morgan fingerprint density at radius 2 is 1.30 bits per heavy atom. The minimum atomic E-state index is -0.248. The Bertz CT molecular complexity index is 742. The topological polar surface area (TPSA) is 26.3 Å². The largest absolute Gasteiger partial charge is 0.466 e. The number of methoxy groups -OCH3 is 1. The number of carbonyl (C=O) groups is 1. The monoisotopic (exact) mass is 304 g/mol. The molecule has 0 spiro atoms. The highest BCUT2D eigenvalue weighted by Gasteiger charge is 2.30. The molecule has 3 rings (SSSR count). The summed E-state index contributed by atoms with van der Waals surface area (Å²) in [5.41, 5.74) is 4.10. The first-order valence-corrected chi connectivity index (χ1v) is 7.79. The van der Waals surface area contributed by atoms with E-state index in [-0.39, 0.29) is 17.8 Å². The summed E-state index contributed by atoms with van der Waals surface area (Å²) in [5, 5.41) is 0. The fourth-order valence-electron chi connectivity index (χ4n) is 3.23. The van der Waals surface area contributed by atoms with Crippen LogP contribution in [0.5, 0.6) is 0 Å². The van der Waals surface area contributed by atoms with E-state index in [1.165, 1.54) is 12.7 Å². The molecule has 0 bridgehead atoms. The summed E-state index contributed by atoms with van der Waals surface area (Å²) in [7, 11) is 1.44. The van der Waals surface area contributed by atoms with Crippen LogP contribution in [0.1, 0.15) is 29.9 Å². The molecule has 2 unspecified atom stereocenters. The zero-order chi connectivity index (χ0) is 16.2. The van der Waals surface area contributed by atoms with Gasteiger partial charge in [0.1, 0.15) is 0 Å². The fourth-order valence-corrected chi connectivity index (χ4v) is 3.23. The van der Waals surface area contributed by atoms with Crippen molar-refractivity contribution in [2.24, 2.45) is 0 Å². The third-order valence-corrected chi connectivity index (χ3v) is 4.42. The van der Waals surface area contributed by atoms with Crippen LogP contribution in [-0.4, -0.2) is 13.1 Å². The van der Waals surface area contributed by atoms with Gasteiger partial charge in [0.2, 0.25) is 0 Å². The van der Waals surface area contributed by atoms with E-state index in [1.54, 1.807) is 0 Å². The Hall–Kier alpha value is -2.61. The van der Waals surface area contributed by atoms with E-state index in [4.69, 9.17) is 4.74 Å². The predicted molar refractivity (Wildman–Crippen MR) is 92.2 cm³/mol. The van der Waals surface area contributed by atoms with Crippen LogP contribution in [0.4, 0.5) is 0 Å². The van der Waals surface area contributed by atoms with Gasteiger partial charge in [-0.05, 0) is 18.1 Å². The molecule has 0 saturated carbocycles. The van der Waals surface area contributed by atoms with Crippen LogP contribution in [-0.2, 0) is 9.53 Å². The van der Waals surface area contributed by atoms with Gasteiger partial charge >= 0.3 is 5.97 Å². The van der Waals surface area contributed by atoms with Crippen molar-refractivity contribution in [2.75, 3.05) is 7.11 Å². The highest BCUT2D eigenvalue weighted by Crippen LogP contribution is 2.40. The molecule has 2 nitrogen and oxygen atoms in total. The SMILES string of the molecule is COC(=O)C1=C(C)C(c2ccccc2)C=CC1c1ccccc1. The quantitative estimate of drug-likeness (QED) is 0.611. The Balaban J connectivity index is 2.07. The molecule has 0 N–H and O–H groups in total. The Morgan fingerprint density at radius 3 is 1.83 bits per heavy atom. The van der Waals surface area contributed by atoms with E-state index < -0.39 is 0 Å². The van der Waals surface area contributed by atoms with Crippen molar-refractivity contribution in [3.8, 4) is 0 Å². The highest BCUT2D eigenvalue weighted by molar-refractivity contribution is 5.92. The summed E-state index contributed by atoms with van der Waals surface area (Å²) in [6.45, 7) is 2.03. The van der Waals surface area contributed by atoms with Crippen LogP contribution in [0.2, 0.25) is 0 Å². The van der Waals surface area contributed by atoms with Crippen LogP contribution in [0, 0.1) is 0 Å². The molecule has 0 radical (unpaired) electrons. The minimum Gasteiger partial charge on any atom is -0.466 e. The second-order valence-corrected chi connectivity index (χ2v) is 5.75. The first-order chi connectivity index (χ1) is 11.2. The maximum Gasteiger partial charge on any atom is 0.334 e. The predicted octanol–water partition coefficient (Wildman–Crippen LogP) is 4.61. The van der Waals surface area contributed by atoms with Crippen LogP contribution in [0.3, 0.4) is 0 Å². The van der Waals surface area contributed by atoms with Gasteiger partial charge in [0, 0.05) is 17.4 Å².